The normalized spacial score (nSPS) is 11.2. The van der Waals surface area contributed by atoms with Crippen LogP contribution >= 0.6 is 31.9 Å². The molecule has 2 rings (SSSR count). The molecule has 0 aliphatic carbocycles. The Bertz CT molecular complexity index is 759. The molecule has 0 saturated carbocycles. The Labute approximate surface area is 171 Å². The zero-order valence-corrected chi connectivity index (χ0v) is 17.8. The van der Waals surface area contributed by atoms with E-state index in [1.54, 1.807) is 12.2 Å². The van der Waals surface area contributed by atoms with E-state index in [2.05, 4.69) is 31.9 Å². The molecular weight excluding hydrogens is 460 g/mol. The fourth-order valence-corrected chi connectivity index (χ4v) is 3.03. The first-order chi connectivity index (χ1) is 12.5. The van der Waals surface area contributed by atoms with Crippen LogP contribution in [-0.2, 0) is 4.79 Å². The van der Waals surface area contributed by atoms with Crippen molar-refractivity contribution in [2.24, 2.45) is 0 Å². The number of ketones is 1. The quantitative estimate of drug-likeness (QED) is 0.416. The Morgan fingerprint density at radius 2 is 1.27 bits per heavy atom. The zero-order chi connectivity index (χ0) is 18.9. The minimum Gasteiger partial charge on any atom is -0.493 e. The first-order valence-corrected chi connectivity index (χ1v) is 9.87. The van der Waals surface area contributed by atoms with E-state index in [-0.39, 0.29) is 5.78 Å². The Balaban J connectivity index is 2.16. The Morgan fingerprint density at radius 1 is 0.846 bits per heavy atom. The fraction of sp³-hybridized carbons (Fsp3) is 0.190. The average Bonchev–Trinajstić information content (AvgIpc) is 2.62. The summed E-state index contributed by atoms with van der Waals surface area (Å²) < 4.78 is 13.0. The highest BCUT2D eigenvalue weighted by Crippen LogP contribution is 2.26. The van der Waals surface area contributed by atoms with Crippen LogP contribution in [-0.4, -0.2) is 19.0 Å². The van der Waals surface area contributed by atoms with E-state index in [0.29, 0.717) is 13.2 Å². The maximum Gasteiger partial charge on any atom is 0.178 e. The minimum absolute atomic E-state index is 0.116. The molecular formula is C21H20Br2O3. The number of allylic oxidation sites excluding steroid dienone is 2. The van der Waals surface area contributed by atoms with Crippen molar-refractivity contribution in [1.82, 2.24) is 0 Å². The SMILES string of the molecule is CCOc1ccc(Br)cc1/C=C/C(=O)/C=C/c1cc(Br)ccc1OCC. The summed E-state index contributed by atoms with van der Waals surface area (Å²) >= 11 is 6.88. The molecule has 2 aromatic carbocycles. The van der Waals surface area contributed by atoms with Crippen LogP contribution in [0.25, 0.3) is 12.2 Å². The lowest BCUT2D eigenvalue weighted by molar-refractivity contribution is -0.110. The van der Waals surface area contributed by atoms with Crippen molar-refractivity contribution in [2.45, 2.75) is 13.8 Å². The molecule has 5 heteroatoms. The van der Waals surface area contributed by atoms with Crippen molar-refractivity contribution in [3.63, 3.8) is 0 Å². The average molecular weight is 480 g/mol. The van der Waals surface area contributed by atoms with Crippen LogP contribution in [0.5, 0.6) is 11.5 Å². The largest absolute Gasteiger partial charge is 0.493 e. The van der Waals surface area contributed by atoms with Crippen LogP contribution in [0.4, 0.5) is 0 Å². The second-order valence-corrected chi connectivity index (χ2v) is 7.13. The second kappa shape index (κ2) is 10.3. The fourth-order valence-electron chi connectivity index (χ4n) is 2.27. The molecule has 0 spiro atoms. The first kappa shape index (κ1) is 20.5. The summed E-state index contributed by atoms with van der Waals surface area (Å²) in [6.45, 7) is 4.99. The van der Waals surface area contributed by atoms with Crippen LogP contribution in [0.15, 0.2) is 57.5 Å². The van der Waals surface area contributed by atoms with Gasteiger partial charge in [-0.1, -0.05) is 31.9 Å². The molecule has 0 N–H and O–H groups in total. The Kier molecular flexibility index (Phi) is 8.13. The second-order valence-electron chi connectivity index (χ2n) is 5.30. The molecule has 0 bridgehead atoms. The highest BCUT2D eigenvalue weighted by molar-refractivity contribution is 9.10. The van der Waals surface area contributed by atoms with Gasteiger partial charge in [0.25, 0.3) is 0 Å². The summed E-state index contributed by atoms with van der Waals surface area (Å²) in [6, 6.07) is 11.4. The molecule has 0 heterocycles. The number of carbonyl (C=O) groups excluding carboxylic acids is 1. The topological polar surface area (TPSA) is 35.5 Å². The maximum atomic E-state index is 12.2. The highest BCUT2D eigenvalue weighted by atomic mass is 79.9. The van der Waals surface area contributed by atoms with Crippen molar-refractivity contribution in [3.05, 3.63) is 68.6 Å². The van der Waals surface area contributed by atoms with Gasteiger partial charge in [0.1, 0.15) is 11.5 Å². The minimum atomic E-state index is -0.116. The molecule has 0 aliphatic rings. The lowest BCUT2D eigenvalue weighted by Gasteiger charge is -2.07. The van der Waals surface area contributed by atoms with Crippen LogP contribution in [0.1, 0.15) is 25.0 Å². The van der Waals surface area contributed by atoms with E-state index in [4.69, 9.17) is 9.47 Å². The Morgan fingerprint density at radius 3 is 1.65 bits per heavy atom. The summed E-state index contributed by atoms with van der Waals surface area (Å²) in [5.41, 5.74) is 1.70. The van der Waals surface area contributed by atoms with Crippen LogP contribution < -0.4 is 9.47 Å². The van der Waals surface area contributed by atoms with Gasteiger partial charge in [-0.3, -0.25) is 4.79 Å². The van der Waals surface area contributed by atoms with Crippen LogP contribution in [0, 0.1) is 0 Å². The van der Waals surface area contributed by atoms with Gasteiger partial charge in [-0.2, -0.15) is 0 Å². The van der Waals surface area contributed by atoms with Crippen molar-refractivity contribution >= 4 is 49.8 Å². The predicted molar refractivity (Wildman–Crippen MR) is 114 cm³/mol. The standard InChI is InChI=1S/C21H20Br2O3/c1-3-25-20-11-7-17(22)13-15(20)5-9-19(24)10-6-16-14-18(23)8-12-21(16)26-4-2/h5-14H,3-4H2,1-2H3/b9-5+,10-6+. The number of hydrogen-bond donors (Lipinski definition) is 0. The van der Waals surface area contributed by atoms with Crippen molar-refractivity contribution < 1.29 is 14.3 Å². The molecule has 0 unspecified atom stereocenters. The summed E-state index contributed by atoms with van der Waals surface area (Å²) in [6.07, 6.45) is 6.57. The molecule has 26 heavy (non-hydrogen) atoms. The lowest BCUT2D eigenvalue weighted by atomic mass is 10.1. The zero-order valence-electron chi connectivity index (χ0n) is 14.7. The molecule has 0 radical (unpaired) electrons. The molecule has 2 aromatic rings. The van der Waals surface area contributed by atoms with Gasteiger partial charge in [0.2, 0.25) is 0 Å². The van der Waals surface area contributed by atoms with Gasteiger partial charge in [-0.25, -0.2) is 0 Å². The number of hydrogen-bond acceptors (Lipinski definition) is 3. The van der Waals surface area contributed by atoms with Crippen molar-refractivity contribution in [1.29, 1.82) is 0 Å². The number of benzene rings is 2. The van der Waals surface area contributed by atoms with Gasteiger partial charge in [0.05, 0.1) is 13.2 Å². The lowest BCUT2D eigenvalue weighted by Crippen LogP contribution is -1.95. The molecule has 0 atom stereocenters. The van der Waals surface area contributed by atoms with Gasteiger partial charge < -0.3 is 9.47 Å². The maximum absolute atomic E-state index is 12.2. The third-order valence-electron chi connectivity index (χ3n) is 3.40. The summed E-state index contributed by atoms with van der Waals surface area (Å²) in [7, 11) is 0. The summed E-state index contributed by atoms with van der Waals surface area (Å²) in [5, 5.41) is 0. The molecule has 0 saturated heterocycles. The molecule has 0 fully saturated rings. The number of halogens is 2. The van der Waals surface area contributed by atoms with Crippen LogP contribution in [0.3, 0.4) is 0 Å². The van der Waals surface area contributed by atoms with Gasteiger partial charge in [0.15, 0.2) is 5.78 Å². The highest BCUT2D eigenvalue weighted by Gasteiger charge is 2.03. The van der Waals surface area contributed by atoms with Crippen molar-refractivity contribution in [2.75, 3.05) is 13.2 Å². The number of carbonyl (C=O) groups is 1. The van der Waals surface area contributed by atoms with E-state index < -0.39 is 0 Å². The van der Waals surface area contributed by atoms with E-state index in [0.717, 1.165) is 31.6 Å². The first-order valence-electron chi connectivity index (χ1n) is 8.28. The van der Waals surface area contributed by atoms with E-state index in [9.17, 15) is 4.79 Å². The smallest absolute Gasteiger partial charge is 0.178 e. The monoisotopic (exact) mass is 478 g/mol. The van der Waals surface area contributed by atoms with E-state index in [1.165, 1.54) is 12.2 Å². The van der Waals surface area contributed by atoms with E-state index in [1.807, 2.05) is 50.2 Å². The summed E-state index contributed by atoms with van der Waals surface area (Å²) in [4.78, 5) is 12.2. The van der Waals surface area contributed by atoms with Gasteiger partial charge in [-0.15, -0.1) is 0 Å². The molecule has 0 amide bonds. The van der Waals surface area contributed by atoms with Gasteiger partial charge >= 0.3 is 0 Å². The van der Waals surface area contributed by atoms with Crippen LogP contribution in [0.2, 0.25) is 0 Å². The number of rotatable bonds is 8. The molecule has 0 aromatic heterocycles. The van der Waals surface area contributed by atoms with Crippen molar-refractivity contribution in [3.8, 4) is 11.5 Å². The molecule has 136 valence electrons. The van der Waals surface area contributed by atoms with Gasteiger partial charge in [0, 0.05) is 20.1 Å². The predicted octanol–water partition coefficient (Wildman–Crippen LogP) is 6.30. The van der Waals surface area contributed by atoms with E-state index >= 15 is 0 Å². The Hall–Kier alpha value is -1.85. The third kappa shape index (κ3) is 6.15. The molecule has 0 aliphatic heterocycles. The third-order valence-corrected chi connectivity index (χ3v) is 4.38. The van der Waals surface area contributed by atoms with Gasteiger partial charge in [-0.05, 0) is 74.5 Å². The summed E-state index contributed by atoms with van der Waals surface area (Å²) in [5.74, 6) is 1.37. The molecule has 3 nitrogen and oxygen atoms in total. The number of ether oxygens (including phenoxy) is 2.